The van der Waals surface area contributed by atoms with Gasteiger partial charge in [-0.1, -0.05) is 35.6 Å². The van der Waals surface area contributed by atoms with Crippen LogP contribution in [0.5, 0.6) is 23.1 Å². The van der Waals surface area contributed by atoms with Crippen molar-refractivity contribution >= 4 is 16.3 Å². The smallest absolute Gasteiger partial charge is 0.230 e. The molecule has 1 aliphatic rings. The fourth-order valence-electron chi connectivity index (χ4n) is 4.55. The minimum Gasteiger partial charge on any atom is -0.493 e. The van der Waals surface area contributed by atoms with Crippen LogP contribution < -0.4 is 14.2 Å². The van der Waals surface area contributed by atoms with Gasteiger partial charge in [0.25, 0.3) is 0 Å². The van der Waals surface area contributed by atoms with Crippen LogP contribution in [0.4, 0.5) is 0 Å². The van der Waals surface area contributed by atoms with Crippen LogP contribution in [0.15, 0.2) is 36.4 Å². The fourth-order valence-corrected chi connectivity index (χ4v) is 5.71. The quantitative estimate of drug-likeness (QED) is 0.460. The van der Waals surface area contributed by atoms with Gasteiger partial charge in [0, 0.05) is 13.1 Å². The molecule has 2 aromatic heterocycles. The van der Waals surface area contributed by atoms with Gasteiger partial charge in [0.1, 0.15) is 5.82 Å². The van der Waals surface area contributed by atoms with Crippen molar-refractivity contribution in [2.45, 2.75) is 25.9 Å². The van der Waals surface area contributed by atoms with Crippen LogP contribution in [0.2, 0.25) is 0 Å². The van der Waals surface area contributed by atoms with Gasteiger partial charge < -0.3 is 19.3 Å². The topological polar surface area (TPSA) is 81.4 Å². The first-order valence-corrected chi connectivity index (χ1v) is 11.5. The van der Waals surface area contributed by atoms with Gasteiger partial charge in [-0.15, -0.1) is 5.10 Å². The van der Waals surface area contributed by atoms with E-state index in [4.69, 9.17) is 14.2 Å². The second-order valence-corrected chi connectivity index (χ2v) is 9.00. The Kier molecular flexibility index (Phi) is 5.59. The van der Waals surface area contributed by atoms with E-state index < -0.39 is 0 Å². The number of benzene rings is 2. The zero-order valence-corrected chi connectivity index (χ0v) is 19.8. The molecule has 9 heteroatoms. The Morgan fingerprint density at radius 1 is 1.03 bits per heavy atom. The predicted octanol–water partition coefficient (Wildman–Crippen LogP) is 3.98. The van der Waals surface area contributed by atoms with Gasteiger partial charge in [0.05, 0.1) is 32.2 Å². The summed E-state index contributed by atoms with van der Waals surface area (Å²) in [5.74, 6) is 2.41. The molecule has 2 aromatic carbocycles. The van der Waals surface area contributed by atoms with E-state index in [0.29, 0.717) is 28.0 Å². The molecule has 0 aliphatic carbocycles. The second-order valence-electron chi connectivity index (χ2n) is 7.99. The van der Waals surface area contributed by atoms with Gasteiger partial charge in [0.15, 0.2) is 11.5 Å². The summed E-state index contributed by atoms with van der Waals surface area (Å²) in [5.41, 5.74) is 3.58. The van der Waals surface area contributed by atoms with Crippen LogP contribution in [0.25, 0.3) is 4.96 Å². The second kappa shape index (κ2) is 8.57. The number of rotatable bonds is 6. The molecular weight excluding hydrogens is 440 g/mol. The number of ether oxygens (including phenoxy) is 3. The Labute approximate surface area is 196 Å². The highest BCUT2D eigenvalue weighted by Crippen LogP contribution is 2.46. The standard InChI is InChI=1S/C24H26N4O4S/c1-14-25-24-28(26-14)23(29)22(33-24)20(27-10-9-15-7-5-6-8-16(15)13-27)17-11-18(30-2)21(32-4)19(12-17)31-3/h5-8,11-12,20,29H,9-10,13H2,1-4H3/t20-/m1/s1. The number of hydrogen-bond acceptors (Lipinski definition) is 8. The lowest BCUT2D eigenvalue weighted by molar-refractivity contribution is 0.204. The van der Waals surface area contributed by atoms with Crippen LogP contribution in [-0.4, -0.2) is 52.5 Å². The average Bonchev–Trinajstić information content (AvgIpc) is 3.35. The van der Waals surface area contributed by atoms with Crippen LogP contribution in [-0.2, 0) is 13.0 Å². The lowest BCUT2D eigenvalue weighted by atomic mass is 9.95. The molecule has 0 saturated heterocycles. The van der Waals surface area contributed by atoms with Crippen molar-refractivity contribution in [1.29, 1.82) is 0 Å². The summed E-state index contributed by atoms with van der Waals surface area (Å²) in [6.07, 6.45) is 0.928. The molecular formula is C24H26N4O4S. The van der Waals surface area contributed by atoms with Crippen LogP contribution in [0.3, 0.4) is 0 Å². The van der Waals surface area contributed by atoms with Gasteiger partial charge in [-0.05, 0) is 42.2 Å². The maximum atomic E-state index is 11.2. The Morgan fingerprint density at radius 3 is 2.36 bits per heavy atom. The van der Waals surface area contributed by atoms with Gasteiger partial charge >= 0.3 is 0 Å². The van der Waals surface area contributed by atoms with E-state index in [9.17, 15) is 5.11 Å². The molecule has 8 nitrogen and oxygen atoms in total. The summed E-state index contributed by atoms with van der Waals surface area (Å²) in [5, 5.41) is 15.5. The summed E-state index contributed by atoms with van der Waals surface area (Å²) >= 11 is 1.44. The minimum absolute atomic E-state index is 0.105. The van der Waals surface area contributed by atoms with Gasteiger partial charge in [-0.25, -0.2) is 4.98 Å². The monoisotopic (exact) mass is 466 g/mol. The number of fused-ring (bicyclic) bond motifs is 2. The Bertz CT molecular complexity index is 1290. The molecule has 0 saturated carbocycles. The van der Waals surface area contributed by atoms with E-state index in [2.05, 4.69) is 39.2 Å². The van der Waals surface area contributed by atoms with Gasteiger partial charge in [0.2, 0.25) is 16.6 Å². The molecule has 1 atom stereocenters. The molecule has 0 bridgehead atoms. The van der Waals surface area contributed by atoms with E-state index in [1.807, 2.05) is 19.1 Å². The Morgan fingerprint density at radius 2 is 1.73 bits per heavy atom. The highest BCUT2D eigenvalue weighted by molar-refractivity contribution is 7.17. The van der Waals surface area contributed by atoms with E-state index >= 15 is 0 Å². The van der Waals surface area contributed by atoms with Crippen molar-refractivity contribution in [2.75, 3.05) is 27.9 Å². The van der Waals surface area contributed by atoms with Crippen molar-refractivity contribution in [1.82, 2.24) is 19.5 Å². The lowest BCUT2D eigenvalue weighted by Crippen LogP contribution is -2.34. The average molecular weight is 467 g/mol. The Balaban J connectivity index is 1.68. The summed E-state index contributed by atoms with van der Waals surface area (Å²) in [4.78, 5) is 8.27. The number of aromatic nitrogens is 3. The molecule has 5 rings (SSSR count). The van der Waals surface area contributed by atoms with Crippen LogP contribution in [0, 0.1) is 6.92 Å². The van der Waals surface area contributed by atoms with Crippen LogP contribution in [0.1, 0.15) is 33.4 Å². The van der Waals surface area contributed by atoms with Gasteiger partial charge in [-0.2, -0.15) is 4.52 Å². The molecule has 3 heterocycles. The molecule has 0 amide bonds. The molecule has 33 heavy (non-hydrogen) atoms. The van der Waals surface area contributed by atoms with Crippen molar-refractivity contribution in [2.24, 2.45) is 0 Å². The summed E-state index contributed by atoms with van der Waals surface area (Å²) in [6, 6.07) is 12.2. The van der Waals surface area contributed by atoms with Crippen LogP contribution >= 0.6 is 11.3 Å². The predicted molar refractivity (Wildman–Crippen MR) is 126 cm³/mol. The summed E-state index contributed by atoms with van der Waals surface area (Å²) < 4.78 is 18.3. The number of thiazole rings is 1. The zero-order chi connectivity index (χ0) is 23.1. The van der Waals surface area contributed by atoms with E-state index in [1.54, 1.807) is 21.3 Å². The third kappa shape index (κ3) is 3.67. The number of hydrogen-bond donors (Lipinski definition) is 1. The normalized spacial score (nSPS) is 14.8. The highest BCUT2D eigenvalue weighted by Gasteiger charge is 2.33. The maximum Gasteiger partial charge on any atom is 0.230 e. The SMILES string of the molecule is COc1cc([C@H](c2sc3nc(C)nn3c2O)N2CCc3ccccc3C2)cc(OC)c1OC. The third-order valence-corrected chi connectivity index (χ3v) is 7.15. The lowest BCUT2D eigenvalue weighted by Gasteiger charge is -2.35. The molecule has 0 spiro atoms. The molecule has 4 aromatic rings. The molecule has 0 unspecified atom stereocenters. The largest absolute Gasteiger partial charge is 0.493 e. The summed E-state index contributed by atoms with van der Waals surface area (Å²) in [7, 11) is 4.81. The van der Waals surface area contributed by atoms with E-state index in [1.165, 1.54) is 27.0 Å². The van der Waals surface area contributed by atoms with E-state index in [-0.39, 0.29) is 11.9 Å². The molecule has 0 fully saturated rings. The number of nitrogens with zero attached hydrogens (tertiary/aromatic N) is 4. The van der Waals surface area contributed by atoms with E-state index in [0.717, 1.165) is 30.0 Å². The van der Waals surface area contributed by atoms with Crippen molar-refractivity contribution in [3.63, 3.8) is 0 Å². The van der Waals surface area contributed by atoms with Crippen molar-refractivity contribution < 1.29 is 19.3 Å². The molecule has 172 valence electrons. The van der Waals surface area contributed by atoms with Gasteiger partial charge in [-0.3, -0.25) is 4.90 Å². The molecule has 0 radical (unpaired) electrons. The number of aromatic hydroxyl groups is 1. The highest BCUT2D eigenvalue weighted by atomic mass is 32.1. The first-order valence-electron chi connectivity index (χ1n) is 10.7. The maximum absolute atomic E-state index is 11.2. The minimum atomic E-state index is -0.249. The molecule has 1 aliphatic heterocycles. The third-order valence-electron chi connectivity index (χ3n) is 6.08. The Hall–Kier alpha value is -3.30. The number of aryl methyl sites for hydroxylation is 1. The van der Waals surface area contributed by atoms with Crippen molar-refractivity contribution in [3.8, 4) is 23.1 Å². The first-order chi connectivity index (χ1) is 16.0. The fraction of sp³-hybridized carbons (Fsp3) is 0.333. The summed E-state index contributed by atoms with van der Waals surface area (Å²) in [6.45, 7) is 3.41. The molecule has 1 N–H and O–H groups in total. The first kappa shape index (κ1) is 21.5. The number of methoxy groups -OCH3 is 3. The van der Waals surface area contributed by atoms with Crippen molar-refractivity contribution in [3.05, 3.63) is 63.8 Å². The zero-order valence-electron chi connectivity index (χ0n) is 19.0.